The predicted molar refractivity (Wildman–Crippen MR) is 93.8 cm³/mol. The van der Waals surface area contributed by atoms with Gasteiger partial charge in [-0.05, 0) is 0 Å². The number of aromatic nitrogens is 5. The van der Waals surface area contributed by atoms with E-state index in [0.717, 1.165) is 49.8 Å². The van der Waals surface area contributed by atoms with Crippen molar-refractivity contribution in [2.24, 2.45) is 7.05 Å². The number of nitrogens with zero attached hydrogens (tertiary/aromatic N) is 7. The smallest absolute Gasteiger partial charge is 0.147 e. The Morgan fingerprint density at radius 1 is 1.04 bits per heavy atom. The minimum absolute atomic E-state index is 0.868. The predicted octanol–water partition coefficient (Wildman–Crippen LogP) is 1.66. The average molecular weight is 341 g/mol. The molecule has 1 fully saturated rings. The Morgan fingerprint density at radius 3 is 2.62 bits per heavy atom. The van der Waals surface area contributed by atoms with Crippen LogP contribution >= 0.6 is 11.3 Å². The number of hydrogen-bond donors (Lipinski definition) is 0. The Bertz CT molecular complexity index is 790. The molecule has 0 aromatic carbocycles. The number of rotatable bonds is 4. The van der Waals surface area contributed by atoms with Crippen molar-refractivity contribution in [3.63, 3.8) is 0 Å². The van der Waals surface area contributed by atoms with Crippen LogP contribution in [0, 0.1) is 0 Å². The highest BCUT2D eigenvalue weighted by molar-refractivity contribution is 7.09. The largest absolute Gasteiger partial charge is 0.353 e. The van der Waals surface area contributed by atoms with Crippen LogP contribution in [0.15, 0.2) is 36.5 Å². The van der Waals surface area contributed by atoms with Crippen molar-refractivity contribution in [2.45, 2.75) is 6.54 Å². The summed E-state index contributed by atoms with van der Waals surface area (Å²) in [6.07, 6.45) is 9.38. The van der Waals surface area contributed by atoms with Gasteiger partial charge >= 0.3 is 0 Å². The van der Waals surface area contributed by atoms with Crippen molar-refractivity contribution in [1.82, 2.24) is 29.6 Å². The second kappa shape index (κ2) is 6.66. The molecule has 0 atom stereocenters. The maximum atomic E-state index is 4.76. The highest BCUT2D eigenvalue weighted by atomic mass is 32.1. The molecule has 124 valence electrons. The van der Waals surface area contributed by atoms with Crippen LogP contribution in [0.4, 0.5) is 5.82 Å². The van der Waals surface area contributed by atoms with E-state index in [1.807, 2.05) is 37.3 Å². The SMILES string of the molecule is Cn1cc(-c2cncc(N3CCN(Cc4cncs4)CC3)n2)cn1. The molecule has 0 radical (unpaired) electrons. The lowest BCUT2D eigenvalue weighted by Gasteiger charge is -2.35. The fourth-order valence-corrected chi connectivity index (χ4v) is 3.51. The van der Waals surface area contributed by atoms with Gasteiger partial charge in [0.15, 0.2) is 0 Å². The maximum absolute atomic E-state index is 4.76. The van der Waals surface area contributed by atoms with Crippen molar-refractivity contribution in [1.29, 1.82) is 0 Å². The standard InChI is InChI=1S/C16H19N7S/c1-21-10-13(6-19-21)15-8-17-9-16(20-15)23-4-2-22(3-5-23)11-14-7-18-12-24-14/h6-10,12H,2-5,11H2,1H3. The zero-order valence-electron chi connectivity index (χ0n) is 13.5. The molecule has 3 aromatic rings. The van der Waals surface area contributed by atoms with Gasteiger partial charge in [0.2, 0.25) is 0 Å². The summed E-state index contributed by atoms with van der Waals surface area (Å²) >= 11 is 1.72. The summed E-state index contributed by atoms with van der Waals surface area (Å²) in [5.41, 5.74) is 3.76. The van der Waals surface area contributed by atoms with Gasteiger partial charge in [-0.15, -0.1) is 11.3 Å². The van der Waals surface area contributed by atoms with E-state index in [4.69, 9.17) is 4.98 Å². The molecule has 0 bridgehead atoms. The lowest BCUT2D eigenvalue weighted by Crippen LogP contribution is -2.46. The van der Waals surface area contributed by atoms with Crippen LogP contribution in [0.3, 0.4) is 0 Å². The number of piperazine rings is 1. The van der Waals surface area contributed by atoms with E-state index < -0.39 is 0 Å². The summed E-state index contributed by atoms with van der Waals surface area (Å²) in [5, 5.41) is 4.21. The van der Waals surface area contributed by atoms with Gasteiger partial charge in [0.1, 0.15) is 5.82 Å². The first-order chi connectivity index (χ1) is 11.8. The maximum Gasteiger partial charge on any atom is 0.147 e. The van der Waals surface area contributed by atoms with Crippen LogP contribution in [0.2, 0.25) is 0 Å². The minimum atomic E-state index is 0.868. The van der Waals surface area contributed by atoms with Gasteiger partial charge in [-0.25, -0.2) is 4.98 Å². The molecule has 1 aliphatic rings. The molecule has 1 aliphatic heterocycles. The van der Waals surface area contributed by atoms with Crippen LogP contribution in [0.25, 0.3) is 11.3 Å². The van der Waals surface area contributed by atoms with Crippen LogP contribution < -0.4 is 4.90 Å². The third-order valence-corrected chi connectivity index (χ3v) is 4.95. The fourth-order valence-electron chi connectivity index (χ4n) is 2.88. The molecule has 8 heteroatoms. The summed E-state index contributed by atoms with van der Waals surface area (Å²) in [7, 11) is 1.91. The van der Waals surface area contributed by atoms with Gasteiger partial charge in [0.05, 0.1) is 29.8 Å². The molecule has 4 heterocycles. The van der Waals surface area contributed by atoms with E-state index in [1.165, 1.54) is 4.88 Å². The van der Waals surface area contributed by atoms with Gasteiger partial charge < -0.3 is 4.90 Å². The fraction of sp³-hybridized carbons (Fsp3) is 0.375. The second-order valence-electron chi connectivity index (χ2n) is 5.90. The molecule has 1 saturated heterocycles. The third-order valence-electron chi connectivity index (χ3n) is 4.18. The summed E-state index contributed by atoms with van der Waals surface area (Å²) in [4.78, 5) is 19.4. The summed E-state index contributed by atoms with van der Waals surface area (Å²) in [5.74, 6) is 0.939. The molecule has 0 spiro atoms. The van der Waals surface area contributed by atoms with Gasteiger partial charge in [-0.3, -0.25) is 19.5 Å². The molecular weight excluding hydrogens is 322 g/mol. The number of aryl methyl sites for hydroxylation is 1. The van der Waals surface area contributed by atoms with E-state index in [1.54, 1.807) is 22.2 Å². The van der Waals surface area contributed by atoms with Crippen molar-refractivity contribution in [3.05, 3.63) is 41.4 Å². The van der Waals surface area contributed by atoms with E-state index in [-0.39, 0.29) is 0 Å². The molecule has 0 amide bonds. The molecule has 0 saturated carbocycles. The van der Waals surface area contributed by atoms with E-state index in [0.29, 0.717) is 0 Å². The molecule has 3 aromatic heterocycles. The van der Waals surface area contributed by atoms with Gasteiger partial charge in [-0.1, -0.05) is 0 Å². The van der Waals surface area contributed by atoms with Crippen LogP contribution in [0.5, 0.6) is 0 Å². The minimum Gasteiger partial charge on any atom is -0.353 e. The first-order valence-electron chi connectivity index (χ1n) is 7.94. The van der Waals surface area contributed by atoms with Gasteiger partial charge in [-0.2, -0.15) is 5.10 Å². The Labute approximate surface area is 144 Å². The van der Waals surface area contributed by atoms with Crippen LogP contribution in [-0.4, -0.2) is 55.8 Å². The second-order valence-corrected chi connectivity index (χ2v) is 6.87. The van der Waals surface area contributed by atoms with Crippen molar-refractivity contribution >= 4 is 17.2 Å². The lowest BCUT2D eigenvalue weighted by molar-refractivity contribution is 0.251. The van der Waals surface area contributed by atoms with Gasteiger partial charge in [0, 0.05) is 62.6 Å². The zero-order chi connectivity index (χ0) is 16.4. The van der Waals surface area contributed by atoms with E-state index in [9.17, 15) is 0 Å². The summed E-state index contributed by atoms with van der Waals surface area (Å²) < 4.78 is 1.78. The molecule has 0 unspecified atom stereocenters. The Kier molecular flexibility index (Phi) is 4.22. The third kappa shape index (κ3) is 3.29. The van der Waals surface area contributed by atoms with Crippen molar-refractivity contribution in [2.75, 3.05) is 31.1 Å². The molecule has 24 heavy (non-hydrogen) atoms. The Morgan fingerprint density at radius 2 is 1.92 bits per heavy atom. The highest BCUT2D eigenvalue weighted by Gasteiger charge is 2.19. The van der Waals surface area contributed by atoms with E-state index >= 15 is 0 Å². The van der Waals surface area contributed by atoms with Crippen LogP contribution in [-0.2, 0) is 13.6 Å². The Balaban J connectivity index is 1.42. The molecule has 7 nitrogen and oxygen atoms in total. The molecule has 0 N–H and O–H groups in total. The van der Waals surface area contributed by atoms with Gasteiger partial charge in [0.25, 0.3) is 0 Å². The topological polar surface area (TPSA) is 63.0 Å². The monoisotopic (exact) mass is 341 g/mol. The van der Waals surface area contributed by atoms with E-state index in [2.05, 4.69) is 24.9 Å². The first-order valence-corrected chi connectivity index (χ1v) is 8.81. The quantitative estimate of drug-likeness (QED) is 0.719. The highest BCUT2D eigenvalue weighted by Crippen LogP contribution is 2.20. The first kappa shape index (κ1) is 15.2. The normalized spacial score (nSPS) is 15.8. The molecular formula is C16H19N7S. The molecule has 4 rings (SSSR count). The number of thiazole rings is 1. The van der Waals surface area contributed by atoms with Crippen molar-refractivity contribution in [3.8, 4) is 11.3 Å². The lowest BCUT2D eigenvalue weighted by atomic mass is 10.2. The Hall–Kier alpha value is -2.32. The average Bonchev–Trinajstić information content (AvgIpc) is 3.27. The molecule has 0 aliphatic carbocycles. The summed E-state index contributed by atoms with van der Waals surface area (Å²) in [6.45, 7) is 4.96. The summed E-state index contributed by atoms with van der Waals surface area (Å²) in [6, 6.07) is 0. The van der Waals surface area contributed by atoms with Crippen LogP contribution in [0.1, 0.15) is 4.88 Å². The number of anilines is 1. The van der Waals surface area contributed by atoms with Crippen molar-refractivity contribution < 1.29 is 0 Å². The zero-order valence-corrected chi connectivity index (χ0v) is 14.4. The number of hydrogen-bond acceptors (Lipinski definition) is 7.